The van der Waals surface area contributed by atoms with Crippen LogP contribution in [0.15, 0.2) is 72.8 Å². The van der Waals surface area contributed by atoms with Gasteiger partial charge in [-0.2, -0.15) is 0 Å². The van der Waals surface area contributed by atoms with Crippen molar-refractivity contribution in [1.29, 1.82) is 0 Å². The molecule has 0 saturated heterocycles. The van der Waals surface area contributed by atoms with Crippen LogP contribution in [0.3, 0.4) is 0 Å². The molecular weight excluding hydrogens is 240 g/mol. The van der Waals surface area contributed by atoms with Crippen molar-refractivity contribution in [2.45, 2.75) is 0 Å². The van der Waals surface area contributed by atoms with Gasteiger partial charge >= 0.3 is 0 Å². The third-order valence-electron chi connectivity index (χ3n) is 3.66. The molecule has 0 nitrogen and oxygen atoms in total. The van der Waals surface area contributed by atoms with Crippen LogP contribution in [0, 0.1) is 12.1 Å². The molecule has 0 heteroatoms. The molecule has 0 saturated carbocycles. The quantitative estimate of drug-likeness (QED) is 0.433. The maximum Gasteiger partial charge on any atom is -0.00262 e. The monoisotopic (exact) mass is 252 g/mol. The van der Waals surface area contributed by atoms with E-state index in [0.717, 1.165) is 10.9 Å². The van der Waals surface area contributed by atoms with Crippen LogP contribution in [-0.2, 0) is 0 Å². The summed E-state index contributed by atoms with van der Waals surface area (Å²) < 4.78 is 0. The van der Waals surface area contributed by atoms with Crippen molar-refractivity contribution < 1.29 is 0 Å². The summed E-state index contributed by atoms with van der Waals surface area (Å²) in [5.74, 6) is 0. The summed E-state index contributed by atoms with van der Waals surface area (Å²) in [6, 6.07) is 31.8. The number of benzene rings is 4. The molecule has 0 amide bonds. The standard InChI is InChI=1S/C20H12/c1-2-8-17-14-18(13-12-15(17)6-1)20-11-5-9-16-7-3-4-10-19(16)20/h1-10,13-14H. The van der Waals surface area contributed by atoms with E-state index in [0.29, 0.717) is 0 Å². The van der Waals surface area contributed by atoms with Gasteiger partial charge in [-0.15, -0.1) is 0 Å². The highest BCUT2D eigenvalue weighted by Crippen LogP contribution is 2.30. The summed E-state index contributed by atoms with van der Waals surface area (Å²) in [5.41, 5.74) is 2.31. The summed E-state index contributed by atoms with van der Waals surface area (Å²) in [4.78, 5) is 0. The minimum Gasteiger partial charge on any atom is -0.0616 e. The maximum atomic E-state index is 3.37. The van der Waals surface area contributed by atoms with Crippen molar-refractivity contribution >= 4 is 21.5 Å². The van der Waals surface area contributed by atoms with E-state index in [2.05, 4.69) is 72.8 Å². The van der Waals surface area contributed by atoms with E-state index in [1.807, 2.05) is 12.1 Å². The van der Waals surface area contributed by atoms with Gasteiger partial charge in [0.15, 0.2) is 0 Å². The zero-order valence-electron chi connectivity index (χ0n) is 10.9. The van der Waals surface area contributed by atoms with Gasteiger partial charge in [0, 0.05) is 0 Å². The molecule has 0 unspecified atom stereocenters. The molecule has 4 rings (SSSR count). The lowest BCUT2D eigenvalue weighted by molar-refractivity contribution is 1.66. The molecule has 0 atom stereocenters. The minimum atomic E-state index is 1.14. The van der Waals surface area contributed by atoms with Crippen molar-refractivity contribution in [2.24, 2.45) is 0 Å². The summed E-state index contributed by atoms with van der Waals surface area (Å²) in [5, 5.41) is 4.84. The molecule has 0 N–H and O–H groups in total. The minimum absolute atomic E-state index is 1.14. The van der Waals surface area contributed by atoms with E-state index in [4.69, 9.17) is 0 Å². The van der Waals surface area contributed by atoms with Crippen LogP contribution >= 0.6 is 0 Å². The summed E-state index contributed by atoms with van der Waals surface area (Å²) in [6.45, 7) is 0. The predicted molar refractivity (Wildman–Crippen MR) is 84.6 cm³/mol. The Morgan fingerprint density at radius 3 is 2.45 bits per heavy atom. The van der Waals surface area contributed by atoms with Crippen LogP contribution in [-0.4, -0.2) is 0 Å². The van der Waals surface area contributed by atoms with Gasteiger partial charge in [0.1, 0.15) is 0 Å². The van der Waals surface area contributed by atoms with E-state index in [9.17, 15) is 0 Å². The lowest BCUT2D eigenvalue weighted by atomic mass is 9.96. The zero-order valence-corrected chi connectivity index (χ0v) is 10.9. The van der Waals surface area contributed by atoms with E-state index >= 15 is 0 Å². The van der Waals surface area contributed by atoms with Crippen molar-refractivity contribution in [2.75, 3.05) is 0 Å². The first-order valence-corrected chi connectivity index (χ1v) is 6.72. The molecule has 0 aliphatic rings. The Bertz CT molecular complexity index is 898. The van der Waals surface area contributed by atoms with Crippen molar-refractivity contribution in [1.82, 2.24) is 0 Å². The third kappa shape index (κ3) is 1.78. The first-order chi connectivity index (χ1) is 9.92. The van der Waals surface area contributed by atoms with E-state index in [-0.39, 0.29) is 0 Å². The summed E-state index contributed by atoms with van der Waals surface area (Å²) in [6.07, 6.45) is 0. The molecule has 4 aromatic carbocycles. The molecule has 0 fully saturated rings. The Morgan fingerprint density at radius 1 is 0.700 bits per heavy atom. The van der Waals surface area contributed by atoms with Crippen LogP contribution in [0.2, 0.25) is 0 Å². The fourth-order valence-electron chi connectivity index (χ4n) is 2.66. The Balaban J connectivity index is 2.01. The molecule has 0 aliphatic carbocycles. The number of fused-ring (bicyclic) bond motifs is 2. The van der Waals surface area contributed by atoms with E-state index < -0.39 is 0 Å². The van der Waals surface area contributed by atoms with Crippen molar-refractivity contribution in [3.8, 4) is 11.1 Å². The average molecular weight is 252 g/mol. The van der Waals surface area contributed by atoms with Crippen LogP contribution in [0.25, 0.3) is 32.7 Å². The smallest absolute Gasteiger partial charge is 0.00262 e. The van der Waals surface area contributed by atoms with Crippen LogP contribution in [0.4, 0.5) is 0 Å². The van der Waals surface area contributed by atoms with Crippen LogP contribution in [0.1, 0.15) is 0 Å². The first kappa shape index (κ1) is 11.2. The second-order valence-electron chi connectivity index (χ2n) is 4.92. The van der Waals surface area contributed by atoms with Gasteiger partial charge in [-0.3, -0.25) is 0 Å². The second kappa shape index (κ2) is 4.50. The second-order valence-corrected chi connectivity index (χ2v) is 4.92. The molecule has 0 aliphatic heterocycles. The molecule has 92 valence electrons. The molecule has 20 heavy (non-hydrogen) atoms. The Kier molecular flexibility index (Phi) is 2.53. The van der Waals surface area contributed by atoms with Gasteiger partial charge in [-0.25, -0.2) is 0 Å². The molecule has 0 heterocycles. The van der Waals surface area contributed by atoms with E-state index in [1.165, 1.54) is 21.7 Å². The Labute approximate surface area is 118 Å². The molecule has 4 aromatic rings. The highest BCUT2D eigenvalue weighted by Gasteiger charge is 2.04. The third-order valence-corrected chi connectivity index (χ3v) is 3.66. The molecule has 0 aromatic heterocycles. The van der Waals surface area contributed by atoms with Gasteiger partial charge < -0.3 is 0 Å². The van der Waals surface area contributed by atoms with Crippen LogP contribution in [0.5, 0.6) is 0 Å². The lowest BCUT2D eigenvalue weighted by Crippen LogP contribution is -1.82. The Morgan fingerprint density at radius 2 is 1.50 bits per heavy atom. The summed E-state index contributed by atoms with van der Waals surface area (Å²) in [7, 11) is 0. The van der Waals surface area contributed by atoms with E-state index in [1.54, 1.807) is 0 Å². The molecule has 0 bridgehead atoms. The topological polar surface area (TPSA) is 0 Å². The fourth-order valence-corrected chi connectivity index (χ4v) is 2.66. The van der Waals surface area contributed by atoms with Gasteiger partial charge in [0.25, 0.3) is 0 Å². The van der Waals surface area contributed by atoms with Gasteiger partial charge in [0.05, 0.1) is 0 Å². The SMILES string of the molecule is [c]1ccc2ccccc2c1-c1c[c]c2ccccc2c1. The normalized spacial score (nSPS) is 11.0. The van der Waals surface area contributed by atoms with Crippen LogP contribution < -0.4 is 0 Å². The highest BCUT2D eigenvalue weighted by molar-refractivity contribution is 5.98. The van der Waals surface area contributed by atoms with Gasteiger partial charge in [-0.1, -0.05) is 60.7 Å². The number of rotatable bonds is 1. The van der Waals surface area contributed by atoms with Gasteiger partial charge in [-0.05, 0) is 56.9 Å². The number of hydrogen-bond acceptors (Lipinski definition) is 0. The fraction of sp³-hybridized carbons (Fsp3) is 0. The van der Waals surface area contributed by atoms with Gasteiger partial charge in [0.2, 0.25) is 0 Å². The Hall–Kier alpha value is -2.60. The number of hydrogen-bond donors (Lipinski definition) is 0. The predicted octanol–water partition coefficient (Wildman–Crippen LogP) is 5.26. The maximum absolute atomic E-state index is 3.37. The molecular formula is C20H12. The average Bonchev–Trinajstić information content (AvgIpc) is 2.54. The largest absolute Gasteiger partial charge is 0.0616 e. The molecule has 0 spiro atoms. The first-order valence-electron chi connectivity index (χ1n) is 6.72. The zero-order chi connectivity index (χ0) is 13.4. The van der Waals surface area contributed by atoms with Crippen molar-refractivity contribution in [3.63, 3.8) is 0 Å². The lowest BCUT2D eigenvalue weighted by Gasteiger charge is -2.07. The summed E-state index contributed by atoms with van der Waals surface area (Å²) >= 11 is 0. The van der Waals surface area contributed by atoms with Crippen molar-refractivity contribution in [3.05, 3.63) is 84.9 Å². The molecule has 2 radical (unpaired) electrons. The highest BCUT2D eigenvalue weighted by atomic mass is 14.1.